The molecule has 2 N–H and O–H groups in total. The predicted octanol–water partition coefficient (Wildman–Crippen LogP) is 0.815. The summed E-state index contributed by atoms with van der Waals surface area (Å²) in [6.45, 7) is 0.301. The van der Waals surface area contributed by atoms with E-state index in [0.717, 1.165) is 41.1 Å². The van der Waals surface area contributed by atoms with E-state index in [4.69, 9.17) is 4.74 Å². The highest BCUT2D eigenvalue weighted by Gasteiger charge is 2.25. The van der Waals surface area contributed by atoms with Crippen LogP contribution in [0.25, 0.3) is 11.3 Å². The molecule has 1 fully saturated rings. The van der Waals surface area contributed by atoms with Gasteiger partial charge in [-0.15, -0.1) is 0 Å². The van der Waals surface area contributed by atoms with Crippen molar-refractivity contribution in [2.24, 2.45) is 0 Å². The summed E-state index contributed by atoms with van der Waals surface area (Å²) >= 11 is 0. The van der Waals surface area contributed by atoms with E-state index in [0.29, 0.717) is 12.6 Å². The molecular formula is C26H25BrN4O2. The van der Waals surface area contributed by atoms with Crippen molar-refractivity contribution in [2.75, 3.05) is 0 Å². The first-order valence-electron chi connectivity index (χ1n) is 10.9. The van der Waals surface area contributed by atoms with E-state index in [9.17, 15) is 4.79 Å². The number of para-hydroxylation sites is 1. The molecule has 0 radical (unpaired) electrons. The first-order chi connectivity index (χ1) is 15.7. The fourth-order valence-corrected chi connectivity index (χ4v) is 3.63. The number of rotatable bonds is 8. The van der Waals surface area contributed by atoms with Gasteiger partial charge in [-0.3, -0.25) is 9.89 Å². The molecule has 6 nitrogen and oxygen atoms in total. The lowest BCUT2D eigenvalue weighted by atomic mass is 10.1. The third kappa shape index (κ3) is 5.87. The summed E-state index contributed by atoms with van der Waals surface area (Å²) in [5, 5.41) is 10.7. The highest BCUT2D eigenvalue weighted by atomic mass is 79.9. The molecule has 0 saturated heterocycles. The van der Waals surface area contributed by atoms with Crippen LogP contribution in [0.4, 0.5) is 0 Å². The van der Waals surface area contributed by atoms with Gasteiger partial charge in [0.25, 0.3) is 5.91 Å². The van der Waals surface area contributed by atoms with E-state index < -0.39 is 0 Å². The van der Waals surface area contributed by atoms with Crippen molar-refractivity contribution >= 4 is 5.91 Å². The fourth-order valence-electron chi connectivity index (χ4n) is 3.63. The summed E-state index contributed by atoms with van der Waals surface area (Å²) in [5.74, 6) is 0.825. The highest BCUT2D eigenvalue weighted by Crippen LogP contribution is 2.29. The second-order valence-electron chi connectivity index (χ2n) is 8.03. The number of benzene rings is 2. The Hall–Kier alpha value is -3.45. The number of nitrogens with one attached hydrogen (secondary N) is 2. The van der Waals surface area contributed by atoms with Gasteiger partial charge in [-0.2, -0.15) is 9.67 Å². The van der Waals surface area contributed by atoms with E-state index in [-0.39, 0.29) is 29.0 Å². The molecule has 0 bridgehead atoms. The Bertz CT molecular complexity index is 1190. The molecule has 1 aliphatic carbocycles. The van der Waals surface area contributed by atoms with Crippen LogP contribution < -0.4 is 31.6 Å². The Morgan fingerprint density at radius 3 is 2.52 bits per heavy atom. The second-order valence-corrected chi connectivity index (χ2v) is 8.03. The summed E-state index contributed by atoms with van der Waals surface area (Å²) in [5.41, 5.74) is 3.64. The number of nitrogens with zero attached hydrogens (tertiary/aromatic N) is 2. The van der Waals surface area contributed by atoms with Crippen molar-refractivity contribution < 1.29 is 31.1 Å². The Balaban J connectivity index is 0.00000259. The second kappa shape index (κ2) is 10.4. The minimum absolute atomic E-state index is 0. The fraction of sp³-hybridized carbons (Fsp3) is 0.192. The largest absolute Gasteiger partial charge is 1.00 e. The quantitative estimate of drug-likeness (QED) is 0.349. The molecule has 1 saturated carbocycles. The van der Waals surface area contributed by atoms with Crippen LogP contribution >= 0.6 is 0 Å². The number of ether oxygens (including phenoxy) is 1. The number of aromatic nitrogens is 3. The van der Waals surface area contributed by atoms with E-state index in [1.807, 2.05) is 95.8 Å². The first-order valence-corrected chi connectivity index (χ1v) is 10.9. The third-order valence-corrected chi connectivity index (χ3v) is 5.40. The molecule has 2 aromatic heterocycles. The molecule has 2 aromatic carbocycles. The van der Waals surface area contributed by atoms with Gasteiger partial charge in [0.15, 0.2) is 18.5 Å². The normalized spacial score (nSPS) is 13.6. The van der Waals surface area contributed by atoms with Crippen LogP contribution in [0.5, 0.6) is 5.75 Å². The maximum atomic E-state index is 12.2. The van der Waals surface area contributed by atoms with E-state index in [2.05, 4.69) is 15.5 Å². The summed E-state index contributed by atoms with van der Waals surface area (Å²) in [6.07, 6.45) is 5.68. The van der Waals surface area contributed by atoms with Crippen molar-refractivity contribution in [3.8, 4) is 17.0 Å². The summed E-state index contributed by atoms with van der Waals surface area (Å²) < 4.78 is 8.21. The van der Waals surface area contributed by atoms with Crippen LogP contribution in [0.15, 0.2) is 91.3 Å². The number of hydrogen-bond donors (Lipinski definition) is 2. The van der Waals surface area contributed by atoms with E-state index in [1.165, 1.54) is 0 Å². The summed E-state index contributed by atoms with van der Waals surface area (Å²) in [4.78, 5) is 12.2. The number of pyridine rings is 1. The van der Waals surface area contributed by atoms with Crippen LogP contribution in [0.2, 0.25) is 0 Å². The Labute approximate surface area is 203 Å². The molecule has 5 rings (SSSR count). The number of hydrogen-bond acceptors (Lipinski definition) is 3. The van der Waals surface area contributed by atoms with Crippen LogP contribution in [-0.2, 0) is 11.3 Å². The number of aromatic amines is 1. The topological polar surface area (TPSA) is 70.9 Å². The third-order valence-electron chi connectivity index (χ3n) is 5.40. The lowest BCUT2D eigenvalue weighted by Crippen LogP contribution is -3.00. The summed E-state index contributed by atoms with van der Waals surface area (Å²) in [6, 6.07) is 26.1. The van der Waals surface area contributed by atoms with E-state index in [1.54, 1.807) is 0 Å². The average Bonchev–Trinajstić information content (AvgIpc) is 3.50. The maximum Gasteiger partial charge on any atom is 0.286 e. The van der Waals surface area contributed by atoms with Gasteiger partial charge in [0.05, 0.1) is 11.3 Å². The summed E-state index contributed by atoms with van der Waals surface area (Å²) in [7, 11) is 0. The molecule has 1 amide bonds. The van der Waals surface area contributed by atoms with Gasteiger partial charge in [0, 0.05) is 12.1 Å². The van der Waals surface area contributed by atoms with Crippen molar-refractivity contribution in [3.63, 3.8) is 0 Å². The van der Waals surface area contributed by atoms with Gasteiger partial charge in [0.1, 0.15) is 11.4 Å². The van der Waals surface area contributed by atoms with Gasteiger partial charge < -0.3 is 27.0 Å². The molecule has 1 atom stereocenters. The lowest BCUT2D eigenvalue weighted by molar-refractivity contribution is -0.684. The number of H-pyrrole nitrogens is 1. The SMILES string of the molecule is O=C(C[n+]1cccc(-c2cc(C(Oc3ccccc3)c3ccccc3)n[nH]2)c1)NC1CC1.[Br-]. The molecule has 1 aliphatic rings. The standard InChI is InChI=1S/C26H24N4O2.BrH/c31-25(27-21-13-14-21)18-30-15-7-10-20(17-30)23-16-24(29-28-23)26(19-8-3-1-4-9-19)32-22-11-5-2-6-12-22;/h1-12,15-17,21,26H,13-14,18H2,(H-,27,28,29,31);1H. The zero-order valence-electron chi connectivity index (χ0n) is 18.0. The zero-order chi connectivity index (χ0) is 21.8. The van der Waals surface area contributed by atoms with Gasteiger partial charge in [-0.05, 0) is 42.7 Å². The maximum absolute atomic E-state index is 12.2. The number of amides is 1. The minimum Gasteiger partial charge on any atom is -1.00 e. The molecule has 168 valence electrons. The van der Waals surface area contributed by atoms with Crippen molar-refractivity contribution in [3.05, 3.63) is 103 Å². The molecule has 0 aliphatic heterocycles. The number of carbonyl (C=O) groups is 1. The Morgan fingerprint density at radius 2 is 1.79 bits per heavy atom. The first kappa shape index (κ1) is 22.7. The van der Waals surface area contributed by atoms with Gasteiger partial charge >= 0.3 is 0 Å². The lowest BCUT2D eigenvalue weighted by Gasteiger charge is -2.17. The minimum atomic E-state index is -0.344. The van der Waals surface area contributed by atoms with Crippen molar-refractivity contribution in [1.82, 2.24) is 15.5 Å². The van der Waals surface area contributed by atoms with Gasteiger partial charge in [-0.25, -0.2) is 0 Å². The monoisotopic (exact) mass is 504 g/mol. The molecule has 2 heterocycles. The molecule has 0 spiro atoms. The van der Waals surface area contributed by atoms with Crippen molar-refractivity contribution in [2.45, 2.75) is 31.5 Å². The molecule has 7 heteroatoms. The van der Waals surface area contributed by atoms with Gasteiger partial charge in [-0.1, -0.05) is 48.5 Å². The van der Waals surface area contributed by atoms with Crippen LogP contribution in [0.1, 0.15) is 30.2 Å². The number of carbonyl (C=O) groups excluding carboxylic acids is 1. The Kier molecular flexibility index (Phi) is 7.19. The predicted molar refractivity (Wildman–Crippen MR) is 121 cm³/mol. The van der Waals surface area contributed by atoms with Crippen molar-refractivity contribution in [1.29, 1.82) is 0 Å². The average molecular weight is 505 g/mol. The van der Waals surface area contributed by atoms with Gasteiger partial charge in [0.2, 0.25) is 6.54 Å². The molecular weight excluding hydrogens is 480 g/mol. The smallest absolute Gasteiger partial charge is 0.286 e. The zero-order valence-corrected chi connectivity index (χ0v) is 19.6. The van der Waals surface area contributed by atoms with Crippen LogP contribution in [0, 0.1) is 0 Å². The van der Waals surface area contributed by atoms with Crippen LogP contribution in [-0.4, -0.2) is 22.1 Å². The Morgan fingerprint density at radius 1 is 1.06 bits per heavy atom. The molecule has 4 aromatic rings. The molecule has 33 heavy (non-hydrogen) atoms. The highest BCUT2D eigenvalue weighted by molar-refractivity contribution is 5.75. The van der Waals surface area contributed by atoms with Crippen LogP contribution in [0.3, 0.4) is 0 Å². The molecule has 1 unspecified atom stereocenters. The number of halogens is 1. The van der Waals surface area contributed by atoms with E-state index >= 15 is 0 Å².